The lowest BCUT2D eigenvalue weighted by Gasteiger charge is -2.25. The molecular weight excluding hydrogens is 362 g/mol. The maximum absolute atomic E-state index is 13.4. The fraction of sp³-hybridized carbons (Fsp3) is 0.417. The van der Waals surface area contributed by atoms with E-state index in [9.17, 15) is 4.79 Å². The molecule has 0 aliphatic rings. The standard InChI is InChI=1S/C24H31N3O2/c1-5-14-27-22-13-8-7-12-21(22)25-23(27)17-26(16-18(3)4)24(28)19-10-9-11-20(15-19)29-6-2/h7-13,15,18H,5-6,14,16-17H2,1-4H3. The lowest BCUT2D eigenvalue weighted by molar-refractivity contribution is 0.0715. The van der Waals surface area contributed by atoms with Crippen molar-refractivity contribution in [3.63, 3.8) is 0 Å². The van der Waals surface area contributed by atoms with Gasteiger partial charge in [-0.3, -0.25) is 4.79 Å². The Morgan fingerprint density at radius 2 is 1.93 bits per heavy atom. The van der Waals surface area contributed by atoms with Gasteiger partial charge in [0.05, 0.1) is 24.2 Å². The quantitative estimate of drug-likeness (QED) is 0.505. The molecular formula is C24H31N3O2. The van der Waals surface area contributed by atoms with Gasteiger partial charge in [0, 0.05) is 18.7 Å². The summed E-state index contributed by atoms with van der Waals surface area (Å²) < 4.78 is 7.82. The van der Waals surface area contributed by atoms with E-state index in [1.54, 1.807) is 0 Å². The van der Waals surface area contributed by atoms with Gasteiger partial charge in [-0.15, -0.1) is 0 Å². The first-order valence-electron chi connectivity index (χ1n) is 10.5. The Morgan fingerprint density at radius 3 is 2.66 bits per heavy atom. The third kappa shape index (κ3) is 4.97. The molecule has 0 spiro atoms. The molecule has 0 aliphatic heterocycles. The summed E-state index contributed by atoms with van der Waals surface area (Å²) >= 11 is 0. The summed E-state index contributed by atoms with van der Waals surface area (Å²) in [5, 5.41) is 0. The van der Waals surface area contributed by atoms with E-state index < -0.39 is 0 Å². The van der Waals surface area contributed by atoms with Crippen molar-refractivity contribution in [2.24, 2.45) is 5.92 Å². The van der Waals surface area contributed by atoms with Crippen molar-refractivity contribution in [3.8, 4) is 5.75 Å². The topological polar surface area (TPSA) is 47.4 Å². The molecule has 0 saturated carbocycles. The lowest BCUT2D eigenvalue weighted by Crippen LogP contribution is -2.34. The average Bonchev–Trinajstić information content (AvgIpc) is 3.05. The number of ether oxygens (including phenoxy) is 1. The van der Waals surface area contributed by atoms with Gasteiger partial charge < -0.3 is 14.2 Å². The highest BCUT2D eigenvalue weighted by Crippen LogP contribution is 2.21. The van der Waals surface area contributed by atoms with Crippen molar-refractivity contribution in [2.75, 3.05) is 13.2 Å². The molecule has 1 heterocycles. The number of para-hydroxylation sites is 2. The zero-order valence-corrected chi connectivity index (χ0v) is 17.9. The Labute approximate surface area is 173 Å². The fourth-order valence-electron chi connectivity index (χ4n) is 3.62. The van der Waals surface area contributed by atoms with Gasteiger partial charge in [-0.1, -0.05) is 39.0 Å². The number of imidazole rings is 1. The third-order valence-electron chi connectivity index (χ3n) is 4.78. The van der Waals surface area contributed by atoms with Crippen LogP contribution in [0.1, 0.15) is 50.3 Å². The van der Waals surface area contributed by atoms with E-state index in [1.807, 2.05) is 54.3 Å². The van der Waals surface area contributed by atoms with Gasteiger partial charge in [0.25, 0.3) is 5.91 Å². The molecule has 3 aromatic rings. The maximum Gasteiger partial charge on any atom is 0.254 e. The fourth-order valence-corrected chi connectivity index (χ4v) is 3.62. The lowest BCUT2D eigenvalue weighted by atomic mass is 10.1. The average molecular weight is 394 g/mol. The normalized spacial score (nSPS) is 11.2. The molecule has 0 bridgehead atoms. The van der Waals surface area contributed by atoms with Crippen molar-refractivity contribution < 1.29 is 9.53 Å². The Morgan fingerprint density at radius 1 is 1.14 bits per heavy atom. The second-order valence-electron chi connectivity index (χ2n) is 7.71. The smallest absolute Gasteiger partial charge is 0.254 e. The predicted molar refractivity (Wildman–Crippen MR) is 117 cm³/mol. The van der Waals surface area contributed by atoms with Gasteiger partial charge in [-0.25, -0.2) is 4.98 Å². The molecule has 0 unspecified atom stereocenters. The van der Waals surface area contributed by atoms with Crippen molar-refractivity contribution in [1.82, 2.24) is 14.5 Å². The number of aromatic nitrogens is 2. The molecule has 0 aliphatic carbocycles. The van der Waals surface area contributed by atoms with Crippen molar-refractivity contribution in [3.05, 3.63) is 59.9 Å². The SMILES string of the molecule is CCCn1c(CN(CC(C)C)C(=O)c2cccc(OCC)c2)nc2ccccc21. The van der Waals surface area contributed by atoms with Crippen LogP contribution in [-0.2, 0) is 13.1 Å². The molecule has 1 aromatic heterocycles. The number of nitrogens with zero attached hydrogens (tertiary/aromatic N) is 3. The van der Waals surface area contributed by atoms with Crippen LogP contribution in [0.5, 0.6) is 5.75 Å². The van der Waals surface area contributed by atoms with Crippen LogP contribution in [0.25, 0.3) is 11.0 Å². The van der Waals surface area contributed by atoms with E-state index in [4.69, 9.17) is 9.72 Å². The molecule has 29 heavy (non-hydrogen) atoms. The maximum atomic E-state index is 13.4. The van der Waals surface area contributed by atoms with Gasteiger partial charge in [0.1, 0.15) is 11.6 Å². The number of aryl methyl sites for hydroxylation is 1. The van der Waals surface area contributed by atoms with Gasteiger partial charge in [0.15, 0.2) is 0 Å². The molecule has 0 saturated heterocycles. The molecule has 3 rings (SSSR count). The zero-order valence-electron chi connectivity index (χ0n) is 17.9. The molecule has 0 N–H and O–H groups in total. The van der Waals surface area contributed by atoms with Crippen LogP contribution < -0.4 is 4.74 Å². The molecule has 1 amide bonds. The minimum atomic E-state index is 0.00959. The number of hydrogen-bond acceptors (Lipinski definition) is 3. The monoisotopic (exact) mass is 393 g/mol. The van der Waals surface area contributed by atoms with Gasteiger partial charge in [0.2, 0.25) is 0 Å². The molecule has 0 atom stereocenters. The van der Waals surface area contributed by atoms with Gasteiger partial charge >= 0.3 is 0 Å². The Bertz CT molecular complexity index is 962. The summed E-state index contributed by atoms with van der Waals surface area (Å²) in [5.74, 6) is 2.03. The summed E-state index contributed by atoms with van der Waals surface area (Å²) in [4.78, 5) is 20.1. The number of rotatable bonds is 9. The van der Waals surface area contributed by atoms with E-state index in [1.165, 1.54) is 0 Å². The van der Waals surface area contributed by atoms with E-state index in [2.05, 4.69) is 31.4 Å². The van der Waals surface area contributed by atoms with Crippen LogP contribution in [0.15, 0.2) is 48.5 Å². The predicted octanol–water partition coefficient (Wildman–Crippen LogP) is 5.14. The van der Waals surface area contributed by atoms with Gasteiger partial charge in [-0.05, 0) is 49.6 Å². The highest BCUT2D eigenvalue weighted by molar-refractivity contribution is 5.94. The van der Waals surface area contributed by atoms with Crippen LogP contribution in [0.3, 0.4) is 0 Å². The van der Waals surface area contributed by atoms with E-state index >= 15 is 0 Å². The number of carbonyl (C=O) groups is 1. The van der Waals surface area contributed by atoms with Crippen LogP contribution in [0, 0.1) is 5.92 Å². The highest BCUT2D eigenvalue weighted by atomic mass is 16.5. The zero-order chi connectivity index (χ0) is 20.8. The first kappa shape index (κ1) is 20.9. The molecule has 5 nitrogen and oxygen atoms in total. The minimum Gasteiger partial charge on any atom is -0.494 e. The summed E-state index contributed by atoms with van der Waals surface area (Å²) in [6.45, 7) is 11.0. The van der Waals surface area contributed by atoms with Crippen molar-refractivity contribution in [1.29, 1.82) is 0 Å². The minimum absolute atomic E-state index is 0.00959. The van der Waals surface area contributed by atoms with Gasteiger partial charge in [-0.2, -0.15) is 0 Å². The molecule has 0 radical (unpaired) electrons. The first-order valence-corrected chi connectivity index (χ1v) is 10.5. The molecule has 154 valence electrons. The van der Waals surface area contributed by atoms with E-state index in [0.717, 1.165) is 35.6 Å². The third-order valence-corrected chi connectivity index (χ3v) is 4.78. The Hall–Kier alpha value is -2.82. The number of hydrogen-bond donors (Lipinski definition) is 0. The van der Waals surface area contributed by atoms with Crippen LogP contribution in [0.2, 0.25) is 0 Å². The Kier molecular flexibility index (Phi) is 6.91. The van der Waals surface area contributed by atoms with Crippen LogP contribution >= 0.6 is 0 Å². The summed E-state index contributed by atoms with van der Waals surface area (Å²) in [6, 6.07) is 15.6. The second kappa shape index (κ2) is 9.59. The van der Waals surface area contributed by atoms with Crippen molar-refractivity contribution in [2.45, 2.75) is 47.2 Å². The summed E-state index contributed by atoms with van der Waals surface area (Å²) in [7, 11) is 0. The largest absolute Gasteiger partial charge is 0.494 e. The van der Waals surface area contributed by atoms with Crippen molar-refractivity contribution >= 4 is 16.9 Å². The number of benzene rings is 2. The Balaban J connectivity index is 1.94. The number of carbonyl (C=O) groups excluding carboxylic acids is 1. The van der Waals surface area contributed by atoms with E-state index in [-0.39, 0.29) is 5.91 Å². The highest BCUT2D eigenvalue weighted by Gasteiger charge is 2.21. The summed E-state index contributed by atoms with van der Waals surface area (Å²) in [5.41, 5.74) is 2.75. The summed E-state index contributed by atoms with van der Waals surface area (Å²) in [6.07, 6.45) is 1.02. The number of fused-ring (bicyclic) bond motifs is 1. The van der Waals surface area contributed by atoms with Crippen LogP contribution in [0.4, 0.5) is 0 Å². The van der Waals surface area contributed by atoms with Crippen LogP contribution in [-0.4, -0.2) is 33.5 Å². The molecule has 0 fully saturated rings. The second-order valence-corrected chi connectivity index (χ2v) is 7.71. The number of amides is 1. The molecule has 5 heteroatoms. The first-order chi connectivity index (χ1) is 14.0. The molecule has 2 aromatic carbocycles. The van der Waals surface area contributed by atoms with E-state index in [0.29, 0.717) is 31.2 Å².